The normalized spacial score (nSPS) is 16.6. The molecule has 0 radical (unpaired) electrons. The fourth-order valence-corrected chi connectivity index (χ4v) is 3.33. The summed E-state index contributed by atoms with van der Waals surface area (Å²) in [5.41, 5.74) is 1.51. The van der Waals surface area contributed by atoms with Crippen molar-refractivity contribution in [2.75, 3.05) is 5.01 Å². The molecule has 4 rings (SSSR count). The third-order valence-corrected chi connectivity index (χ3v) is 5.02. The number of hydrazone groups is 1. The van der Waals surface area contributed by atoms with Crippen LogP contribution in [-0.4, -0.2) is 24.4 Å². The first-order valence-corrected chi connectivity index (χ1v) is 8.54. The number of aryl methyl sites for hydroxylation is 1. The van der Waals surface area contributed by atoms with Crippen LogP contribution >= 0.6 is 0 Å². The largest absolute Gasteiger partial charge is 0.332 e. The maximum atomic E-state index is 13.2. The molecule has 1 aliphatic rings. The first-order chi connectivity index (χ1) is 12.8. The molecule has 140 valence electrons. The molecule has 0 aliphatic carbocycles. The number of benzene rings is 1. The van der Waals surface area contributed by atoms with Crippen LogP contribution in [0, 0.1) is 5.82 Å². The molecular formula is C18H19FN6O2. The quantitative estimate of drug-likeness (QED) is 0.685. The summed E-state index contributed by atoms with van der Waals surface area (Å²) in [7, 11) is 3.04. The molecule has 1 atom stereocenters. The van der Waals surface area contributed by atoms with Gasteiger partial charge in [0.05, 0.1) is 18.3 Å². The Kier molecular flexibility index (Phi) is 3.76. The first-order valence-electron chi connectivity index (χ1n) is 8.54. The SMILES string of the molecule is CC1=NN(Cc2ccc(F)cc2)c2nc3c(c(=O)n(C)c(=O)n3C)n2[C@@H]1C. The second kappa shape index (κ2) is 5.90. The maximum Gasteiger partial charge on any atom is 0.332 e. The van der Waals surface area contributed by atoms with Crippen LogP contribution in [0.1, 0.15) is 25.5 Å². The van der Waals surface area contributed by atoms with Gasteiger partial charge in [0.15, 0.2) is 11.2 Å². The van der Waals surface area contributed by atoms with Crippen molar-refractivity contribution in [3.63, 3.8) is 0 Å². The van der Waals surface area contributed by atoms with Crippen LogP contribution in [0.15, 0.2) is 39.0 Å². The van der Waals surface area contributed by atoms with Gasteiger partial charge in [-0.2, -0.15) is 10.1 Å². The standard InChI is InChI=1S/C18H19FN6O2/c1-10-11(2)25-14-15(22(3)18(27)23(4)16(14)26)20-17(25)24(21-10)9-12-5-7-13(19)8-6-12/h5-8,11H,9H2,1-4H3/t11-/m1/s1. The highest BCUT2D eigenvalue weighted by Gasteiger charge is 2.30. The summed E-state index contributed by atoms with van der Waals surface area (Å²) in [5, 5.41) is 6.27. The minimum atomic E-state index is -0.432. The van der Waals surface area contributed by atoms with E-state index in [0.29, 0.717) is 23.7 Å². The number of halogens is 1. The number of anilines is 1. The van der Waals surface area contributed by atoms with Gasteiger partial charge in [0.25, 0.3) is 5.56 Å². The lowest BCUT2D eigenvalue weighted by Crippen LogP contribution is -2.38. The van der Waals surface area contributed by atoms with Gasteiger partial charge in [-0.1, -0.05) is 12.1 Å². The molecule has 8 nitrogen and oxygen atoms in total. The van der Waals surface area contributed by atoms with E-state index in [-0.39, 0.29) is 11.9 Å². The lowest BCUT2D eigenvalue weighted by atomic mass is 10.2. The van der Waals surface area contributed by atoms with Crippen LogP contribution in [0.2, 0.25) is 0 Å². The zero-order valence-corrected chi connectivity index (χ0v) is 15.5. The van der Waals surface area contributed by atoms with E-state index in [1.165, 1.54) is 23.7 Å². The number of imidazole rings is 1. The topological polar surface area (TPSA) is 77.4 Å². The third kappa shape index (κ3) is 2.49. The summed E-state index contributed by atoms with van der Waals surface area (Å²) in [4.78, 5) is 29.6. The van der Waals surface area contributed by atoms with Crippen LogP contribution in [0.5, 0.6) is 0 Å². The molecular weight excluding hydrogens is 351 g/mol. The number of hydrogen-bond donors (Lipinski definition) is 0. The van der Waals surface area contributed by atoms with Gasteiger partial charge < -0.3 is 0 Å². The van der Waals surface area contributed by atoms with Crippen LogP contribution in [0.25, 0.3) is 11.2 Å². The smallest absolute Gasteiger partial charge is 0.294 e. The minimum Gasteiger partial charge on any atom is -0.294 e. The molecule has 0 spiro atoms. The molecule has 0 N–H and O–H groups in total. The highest BCUT2D eigenvalue weighted by Crippen LogP contribution is 2.30. The summed E-state index contributed by atoms with van der Waals surface area (Å²) < 4.78 is 17.4. The summed E-state index contributed by atoms with van der Waals surface area (Å²) in [6, 6.07) is 5.96. The van der Waals surface area contributed by atoms with Crippen LogP contribution in [0.3, 0.4) is 0 Å². The van der Waals surface area contributed by atoms with E-state index in [1.54, 1.807) is 24.2 Å². The van der Waals surface area contributed by atoms with Gasteiger partial charge in [0.1, 0.15) is 5.82 Å². The van der Waals surface area contributed by atoms with Crippen molar-refractivity contribution >= 4 is 22.8 Å². The number of rotatable bonds is 2. The predicted molar refractivity (Wildman–Crippen MR) is 101 cm³/mol. The van der Waals surface area contributed by atoms with E-state index in [4.69, 9.17) is 0 Å². The van der Waals surface area contributed by atoms with Crippen molar-refractivity contribution in [3.8, 4) is 0 Å². The van der Waals surface area contributed by atoms with Crippen molar-refractivity contribution in [1.29, 1.82) is 0 Å². The van der Waals surface area contributed by atoms with E-state index in [9.17, 15) is 14.0 Å². The van der Waals surface area contributed by atoms with Crippen molar-refractivity contribution in [2.24, 2.45) is 19.2 Å². The Morgan fingerprint density at radius 1 is 1.11 bits per heavy atom. The molecule has 9 heteroatoms. The average Bonchev–Trinajstić information content (AvgIpc) is 3.05. The highest BCUT2D eigenvalue weighted by atomic mass is 19.1. The van der Waals surface area contributed by atoms with Gasteiger partial charge in [-0.05, 0) is 31.5 Å². The van der Waals surface area contributed by atoms with Gasteiger partial charge in [0, 0.05) is 14.1 Å². The Balaban J connectivity index is 1.95. The molecule has 1 aliphatic heterocycles. The van der Waals surface area contributed by atoms with Crippen LogP contribution in [-0.2, 0) is 20.6 Å². The number of fused-ring (bicyclic) bond motifs is 3. The molecule has 2 aromatic heterocycles. The van der Waals surface area contributed by atoms with Crippen molar-refractivity contribution in [2.45, 2.75) is 26.4 Å². The number of hydrogen-bond acceptors (Lipinski definition) is 5. The molecule has 0 saturated heterocycles. The molecule has 0 saturated carbocycles. The van der Waals surface area contributed by atoms with Gasteiger partial charge >= 0.3 is 5.69 Å². The predicted octanol–water partition coefficient (Wildman–Crippen LogP) is 1.53. The van der Waals surface area contributed by atoms with E-state index in [2.05, 4.69) is 10.1 Å². The monoisotopic (exact) mass is 370 g/mol. The lowest BCUT2D eigenvalue weighted by molar-refractivity contribution is 0.623. The lowest BCUT2D eigenvalue weighted by Gasteiger charge is -2.29. The molecule has 0 unspecified atom stereocenters. The third-order valence-electron chi connectivity index (χ3n) is 5.02. The molecule has 3 heterocycles. The Labute approximate surface area is 153 Å². The second-order valence-electron chi connectivity index (χ2n) is 6.76. The maximum absolute atomic E-state index is 13.2. The first kappa shape index (κ1) is 17.2. The summed E-state index contributed by atoms with van der Waals surface area (Å²) in [6.45, 7) is 4.18. The molecule has 0 amide bonds. The Bertz CT molecular complexity index is 1200. The fourth-order valence-electron chi connectivity index (χ4n) is 3.33. The van der Waals surface area contributed by atoms with Crippen molar-refractivity contribution < 1.29 is 4.39 Å². The Morgan fingerprint density at radius 2 is 1.78 bits per heavy atom. The van der Waals surface area contributed by atoms with Gasteiger partial charge in [-0.15, -0.1) is 0 Å². The van der Waals surface area contributed by atoms with Crippen LogP contribution in [0.4, 0.5) is 10.3 Å². The zero-order chi connectivity index (χ0) is 19.5. The molecule has 0 bridgehead atoms. The Hall–Kier alpha value is -3.23. The summed E-state index contributed by atoms with van der Waals surface area (Å²) >= 11 is 0. The van der Waals surface area contributed by atoms with E-state index in [0.717, 1.165) is 15.8 Å². The molecule has 0 fully saturated rings. The zero-order valence-electron chi connectivity index (χ0n) is 15.5. The van der Waals surface area contributed by atoms with Crippen molar-refractivity contribution in [1.82, 2.24) is 18.7 Å². The second-order valence-corrected chi connectivity index (χ2v) is 6.76. The summed E-state index contributed by atoms with van der Waals surface area (Å²) in [5.74, 6) is 0.169. The Morgan fingerprint density at radius 3 is 2.44 bits per heavy atom. The van der Waals surface area contributed by atoms with Crippen LogP contribution < -0.4 is 16.3 Å². The fraction of sp³-hybridized carbons (Fsp3) is 0.333. The van der Waals surface area contributed by atoms with E-state index < -0.39 is 11.2 Å². The molecule has 1 aromatic carbocycles. The van der Waals surface area contributed by atoms with E-state index in [1.807, 2.05) is 18.4 Å². The van der Waals surface area contributed by atoms with Gasteiger partial charge in [0.2, 0.25) is 5.95 Å². The average molecular weight is 370 g/mol. The number of nitrogens with zero attached hydrogens (tertiary/aromatic N) is 6. The minimum absolute atomic E-state index is 0.181. The summed E-state index contributed by atoms with van der Waals surface area (Å²) in [6.07, 6.45) is 0. The van der Waals surface area contributed by atoms with Crippen molar-refractivity contribution in [3.05, 3.63) is 56.5 Å². The van der Waals surface area contributed by atoms with Gasteiger partial charge in [-0.25, -0.2) is 14.2 Å². The molecule has 27 heavy (non-hydrogen) atoms. The number of aromatic nitrogens is 4. The molecule has 3 aromatic rings. The highest BCUT2D eigenvalue weighted by molar-refractivity contribution is 5.91. The van der Waals surface area contributed by atoms with E-state index >= 15 is 0 Å². The van der Waals surface area contributed by atoms with Gasteiger partial charge in [-0.3, -0.25) is 18.5 Å².